The second kappa shape index (κ2) is 5.36. The van der Waals surface area contributed by atoms with E-state index in [4.69, 9.17) is 11.6 Å². The summed E-state index contributed by atoms with van der Waals surface area (Å²) in [6, 6.07) is 2.40. The van der Waals surface area contributed by atoms with Crippen molar-refractivity contribution in [2.24, 2.45) is 0 Å². The molecule has 5 nitrogen and oxygen atoms in total. The van der Waals surface area contributed by atoms with Crippen molar-refractivity contribution in [3.8, 4) is 0 Å². The molecule has 0 aliphatic carbocycles. The molecular weight excluding hydrogens is 399 g/mol. The summed E-state index contributed by atoms with van der Waals surface area (Å²) in [6.07, 6.45) is 2.58. The number of carbonyl (C=O) groups is 1. The summed E-state index contributed by atoms with van der Waals surface area (Å²) in [6.45, 7) is 0. The largest absolute Gasteiger partial charge is 0.291 e. The Bertz CT molecular complexity index is 904. The van der Waals surface area contributed by atoms with Crippen LogP contribution in [0.2, 0.25) is 5.02 Å². The molecule has 9 heteroatoms. The number of rotatable bonds is 1. The predicted molar refractivity (Wildman–Crippen MR) is 80.8 cm³/mol. The third-order valence-corrected chi connectivity index (χ3v) is 6.42. The first-order chi connectivity index (χ1) is 10.3. The molecule has 1 aliphatic rings. The van der Waals surface area contributed by atoms with Crippen LogP contribution in [0.15, 0.2) is 29.0 Å². The number of aromatic nitrogens is 2. The highest BCUT2D eigenvalue weighted by Gasteiger charge is 2.44. The summed E-state index contributed by atoms with van der Waals surface area (Å²) in [5.41, 5.74) is -0.370. The molecule has 0 saturated carbocycles. The van der Waals surface area contributed by atoms with E-state index in [0.717, 1.165) is 6.07 Å². The van der Waals surface area contributed by atoms with Crippen molar-refractivity contribution in [2.75, 3.05) is 0 Å². The zero-order valence-electron chi connectivity index (χ0n) is 10.8. The number of benzene rings is 1. The number of nitrogens with zero attached hydrogens (tertiary/aromatic N) is 2. The minimum absolute atomic E-state index is 0.0651. The van der Waals surface area contributed by atoms with Crippen molar-refractivity contribution in [3.63, 3.8) is 0 Å². The molecule has 1 atom stereocenters. The molecule has 22 heavy (non-hydrogen) atoms. The average molecular weight is 406 g/mol. The van der Waals surface area contributed by atoms with E-state index in [1.807, 2.05) is 0 Å². The van der Waals surface area contributed by atoms with Crippen LogP contribution in [0.1, 0.15) is 27.0 Å². The molecule has 2 aromatic rings. The quantitative estimate of drug-likeness (QED) is 0.682. The number of ketones is 1. The van der Waals surface area contributed by atoms with Crippen molar-refractivity contribution < 1.29 is 17.6 Å². The zero-order chi connectivity index (χ0) is 16.1. The van der Waals surface area contributed by atoms with Gasteiger partial charge in [0.25, 0.3) is 0 Å². The molecule has 1 aromatic heterocycles. The lowest BCUT2D eigenvalue weighted by Gasteiger charge is -2.23. The highest BCUT2D eigenvalue weighted by atomic mass is 79.9. The monoisotopic (exact) mass is 404 g/mol. The van der Waals surface area contributed by atoms with Crippen LogP contribution in [-0.2, 0) is 15.6 Å². The lowest BCUT2D eigenvalue weighted by atomic mass is 10.0. The Balaban J connectivity index is 2.28. The fourth-order valence-corrected chi connectivity index (χ4v) is 4.79. The van der Waals surface area contributed by atoms with Gasteiger partial charge in [-0.1, -0.05) is 11.6 Å². The fraction of sp³-hybridized carbons (Fsp3) is 0.154. The number of Topliss-reactive ketones (excluding diaryl/α,β-unsaturated/α-hetero) is 1. The van der Waals surface area contributed by atoms with Gasteiger partial charge < -0.3 is 0 Å². The average Bonchev–Trinajstić information content (AvgIpc) is 2.46. The van der Waals surface area contributed by atoms with Crippen LogP contribution in [0, 0.1) is 5.82 Å². The SMILES string of the molecule is O=C1c2nccnc2CS(=O)(=O)C1c1c(F)ccc(Br)c1Cl. The first-order valence-corrected chi connectivity index (χ1v) is 8.90. The molecule has 0 saturated heterocycles. The molecule has 114 valence electrons. The lowest BCUT2D eigenvalue weighted by molar-refractivity contribution is 0.0977. The molecule has 0 spiro atoms. The van der Waals surface area contributed by atoms with Gasteiger partial charge in [0.15, 0.2) is 15.1 Å². The maximum absolute atomic E-state index is 14.1. The van der Waals surface area contributed by atoms with Gasteiger partial charge in [-0.3, -0.25) is 9.78 Å². The van der Waals surface area contributed by atoms with Gasteiger partial charge in [0.05, 0.1) is 16.5 Å². The second-order valence-corrected chi connectivity index (χ2v) is 7.98. The van der Waals surface area contributed by atoms with Crippen molar-refractivity contribution in [3.05, 3.63) is 56.8 Å². The van der Waals surface area contributed by atoms with E-state index < -0.39 is 32.4 Å². The highest BCUT2D eigenvalue weighted by molar-refractivity contribution is 9.10. The topological polar surface area (TPSA) is 77.0 Å². The number of halogens is 3. The van der Waals surface area contributed by atoms with Gasteiger partial charge in [0.2, 0.25) is 5.78 Å². The van der Waals surface area contributed by atoms with Crippen LogP contribution in [0.25, 0.3) is 0 Å². The van der Waals surface area contributed by atoms with E-state index in [1.54, 1.807) is 0 Å². The second-order valence-electron chi connectivity index (χ2n) is 4.66. The van der Waals surface area contributed by atoms with Gasteiger partial charge in [0.1, 0.15) is 11.5 Å². The van der Waals surface area contributed by atoms with E-state index in [-0.39, 0.29) is 22.0 Å². The Kier molecular flexibility index (Phi) is 3.78. The number of carbonyl (C=O) groups excluding carboxylic acids is 1. The Morgan fingerprint density at radius 2 is 1.95 bits per heavy atom. The van der Waals surface area contributed by atoms with E-state index in [2.05, 4.69) is 25.9 Å². The smallest absolute Gasteiger partial charge is 0.205 e. The molecule has 1 unspecified atom stereocenters. The minimum atomic E-state index is -4.00. The summed E-state index contributed by atoms with van der Waals surface area (Å²) in [7, 11) is -4.00. The molecule has 3 rings (SSSR count). The van der Waals surface area contributed by atoms with E-state index in [0.29, 0.717) is 4.47 Å². The van der Waals surface area contributed by atoms with Crippen LogP contribution in [0.4, 0.5) is 4.39 Å². The first kappa shape index (κ1) is 15.5. The van der Waals surface area contributed by atoms with Crippen LogP contribution < -0.4 is 0 Å². The van der Waals surface area contributed by atoms with E-state index in [9.17, 15) is 17.6 Å². The lowest BCUT2D eigenvalue weighted by Crippen LogP contribution is -2.32. The number of hydrogen-bond donors (Lipinski definition) is 0. The first-order valence-electron chi connectivity index (χ1n) is 6.02. The molecule has 2 heterocycles. The zero-order valence-corrected chi connectivity index (χ0v) is 13.9. The molecule has 0 bridgehead atoms. The van der Waals surface area contributed by atoms with Gasteiger partial charge >= 0.3 is 0 Å². The molecule has 1 aliphatic heterocycles. The van der Waals surface area contributed by atoms with Gasteiger partial charge in [-0.05, 0) is 28.1 Å². The molecule has 0 radical (unpaired) electrons. The van der Waals surface area contributed by atoms with Crippen LogP contribution in [0.3, 0.4) is 0 Å². The van der Waals surface area contributed by atoms with Gasteiger partial charge in [-0.2, -0.15) is 0 Å². The normalized spacial score (nSPS) is 19.8. The summed E-state index contributed by atoms with van der Waals surface area (Å²) < 4.78 is 39.3. The summed E-state index contributed by atoms with van der Waals surface area (Å²) in [4.78, 5) is 20.3. The Morgan fingerprint density at radius 3 is 2.68 bits per heavy atom. The van der Waals surface area contributed by atoms with Crippen molar-refractivity contribution >= 4 is 43.2 Å². The molecule has 0 fully saturated rings. The third kappa shape index (κ3) is 2.35. The van der Waals surface area contributed by atoms with Gasteiger partial charge in [-0.15, -0.1) is 0 Å². The third-order valence-electron chi connectivity index (χ3n) is 3.28. The van der Waals surface area contributed by atoms with E-state index >= 15 is 0 Å². The van der Waals surface area contributed by atoms with Crippen molar-refractivity contribution in [2.45, 2.75) is 11.0 Å². The summed E-state index contributed by atoms with van der Waals surface area (Å²) in [5.74, 6) is -2.18. The maximum Gasteiger partial charge on any atom is 0.205 e. The van der Waals surface area contributed by atoms with Crippen LogP contribution in [0.5, 0.6) is 0 Å². The van der Waals surface area contributed by atoms with Crippen LogP contribution in [-0.4, -0.2) is 24.2 Å². The maximum atomic E-state index is 14.1. The Hall–Kier alpha value is -1.38. The molecule has 1 aromatic carbocycles. The molecule has 0 amide bonds. The minimum Gasteiger partial charge on any atom is -0.291 e. The summed E-state index contributed by atoms with van der Waals surface area (Å²) in [5, 5.41) is -1.86. The number of hydrogen-bond acceptors (Lipinski definition) is 5. The fourth-order valence-electron chi connectivity index (χ4n) is 2.33. The Morgan fingerprint density at radius 1 is 1.27 bits per heavy atom. The molecule has 0 N–H and O–H groups in total. The van der Waals surface area contributed by atoms with Gasteiger partial charge in [0, 0.05) is 22.4 Å². The highest BCUT2D eigenvalue weighted by Crippen LogP contribution is 2.41. The van der Waals surface area contributed by atoms with E-state index in [1.165, 1.54) is 18.5 Å². The predicted octanol–water partition coefficient (Wildman–Crippen LogP) is 2.88. The van der Waals surface area contributed by atoms with Crippen molar-refractivity contribution in [1.82, 2.24) is 9.97 Å². The van der Waals surface area contributed by atoms with Crippen molar-refractivity contribution in [1.29, 1.82) is 0 Å². The van der Waals surface area contributed by atoms with Crippen LogP contribution >= 0.6 is 27.5 Å². The number of sulfone groups is 1. The number of fused-ring (bicyclic) bond motifs is 1. The summed E-state index contributed by atoms with van der Waals surface area (Å²) >= 11 is 9.12. The standard InChI is InChI=1S/C13H7BrClFN2O3S/c14-6-1-2-7(16)9(10(6)15)13-12(19)11-8(5-22(13,20)21)17-3-4-18-11/h1-4,13H,5H2. The van der Waals surface area contributed by atoms with Gasteiger partial charge in [-0.25, -0.2) is 17.8 Å². The molecular formula is C13H7BrClFN2O3S. The Labute approximate surface area is 138 Å².